The third kappa shape index (κ3) is 4.45. The predicted octanol–water partition coefficient (Wildman–Crippen LogP) is 0.532. The Labute approximate surface area is 157 Å². The van der Waals surface area contributed by atoms with Crippen molar-refractivity contribution in [2.75, 3.05) is 28.4 Å². The van der Waals surface area contributed by atoms with Gasteiger partial charge in [0.2, 0.25) is 0 Å². The summed E-state index contributed by atoms with van der Waals surface area (Å²) in [7, 11) is 4.50. The Morgan fingerprint density at radius 2 is 1.00 bits per heavy atom. The first-order chi connectivity index (χ1) is 12.6. The molecule has 1 aliphatic carbocycles. The highest BCUT2D eigenvalue weighted by molar-refractivity contribution is 5.98. The topological polar surface area (TPSA) is 122 Å². The molecule has 0 spiro atoms. The summed E-state index contributed by atoms with van der Waals surface area (Å²) in [6, 6.07) is 0. The van der Waals surface area contributed by atoms with Crippen LogP contribution in [-0.2, 0) is 42.9 Å². The lowest BCUT2D eigenvalue weighted by atomic mass is 9.55. The van der Waals surface area contributed by atoms with Gasteiger partial charge in [0, 0.05) is 12.8 Å². The van der Waals surface area contributed by atoms with Crippen molar-refractivity contribution in [3.63, 3.8) is 0 Å². The molecule has 1 aliphatic rings. The minimum absolute atomic E-state index is 0.0898. The van der Waals surface area contributed by atoms with Crippen LogP contribution in [0.2, 0.25) is 0 Å². The van der Waals surface area contributed by atoms with Gasteiger partial charge in [0.05, 0.1) is 28.4 Å². The first kappa shape index (κ1) is 22.6. The van der Waals surface area contributed by atoms with E-state index in [0.717, 1.165) is 28.4 Å². The molecule has 0 aromatic rings. The Morgan fingerprint density at radius 1 is 0.741 bits per heavy atom. The fourth-order valence-electron chi connectivity index (χ4n) is 3.83. The number of ether oxygens (including phenoxy) is 4. The summed E-state index contributed by atoms with van der Waals surface area (Å²) in [5.41, 5.74) is -0.964. The molecule has 2 atom stereocenters. The molecule has 0 bridgehead atoms. The lowest BCUT2D eigenvalue weighted by Crippen LogP contribution is -2.53. The van der Waals surface area contributed by atoms with Gasteiger partial charge in [-0.3, -0.25) is 24.0 Å². The summed E-state index contributed by atoms with van der Waals surface area (Å²) >= 11 is 0. The van der Waals surface area contributed by atoms with Gasteiger partial charge < -0.3 is 18.9 Å². The highest BCUT2D eigenvalue weighted by Crippen LogP contribution is 2.51. The average molecular weight is 386 g/mol. The standard InChI is InChI=1S/C18H26O9/c1-18(2)10(12(14(20)24-3)15(21)25-4)7-9(19)8-11(18)13(16(22)26-5)17(23)27-6/h10-13H,7-8H2,1-6H3. The zero-order valence-electron chi connectivity index (χ0n) is 16.4. The van der Waals surface area contributed by atoms with Gasteiger partial charge in [-0.2, -0.15) is 0 Å². The fraction of sp³-hybridized carbons (Fsp3) is 0.722. The van der Waals surface area contributed by atoms with Crippen molar-refractivity contribution < 1.29 is 42.9 Å². The summed E-state index contributed by atoms with van der Waals surface area (Å²) in [6.07, 6.45) is -0.180. The molecular weight excluding hydrogens is 360 g/mol. The summed E-state index contributed by atoms with van der Waals surface area (Å²) in [6.45, 7) is 3.37. The van der Waals surface area contributed by atoms with Crippen LogP contribution in [0.4, 0.5) is 0 Å². The van der Waals surface area contributed by atoms with Crippen molar-refractivity contribution in [2.45, 2.75) is 26.7 Å². The monoisotopic (exact) mass is 386 g/mol. The van der Waals surface area contributed by atoms with Crippen LogP contribution in [0.15, 0.2) is 0 Å². The van der Waals surface area contributed by atoms with E-state index in [4.69, 9.17) is 18.9 Å². The molecule has 0 heterocycles. The van der Waals surface area contributed by atoms with Crippen molar-refractivity contribution in [1.82, 2.24) is 0 Å². The van der Waals surface area contributed by atoms with E-state index < -0.39 is 53.0 Å². The summed E-state index contributed by atoms with van der Waals surface area (Å²) in [5, 5.41) is 0. The normalized spacial score (nSPS) is 21.6. The number of carbonyl (C=O) groups is 5. The Hall–Kier alpha value is -2.45. The third-order valence-corrected chi connectivity index (χ3v) is 5.43. The molecule has 1 rings (SSSR count). The molecule has 1 fully saturated rings. The number of carbonyl (C=O) groups excluding carboxylic acids is 5. The van der Waals surface area contributed by atoms with E-state index in [9.17, 15) is 24.0 Å². The SMILES string of the molecule is COC(=O)C(C(=O)OC)C1CC(=O)CC(C(C(=O)OC)C(=O)OC)C1(C)C. The summed E-state index contributed by atoms with van der Waals surface area (Å²) in [5.74, 6) is -8.07. The van der Waals surface area contributed by atoms with E-state index >= 15 is 0 Å². The maximum absolute atomic E-state index is 12.4. The number of methoxy groups -OCH3 is 4. The van der Waals surface area contributed by atoms with Crippen molar-refractivity contribution in [2.24, 2.45) is 29.1 Å². The van der Waals surface area contributed by atoms with Crippen molar-refractivity contribution in [3.05, 3.63) is 0 Å². The predicted molar refractivity (Wildman–Crippen MR) is 90.0 cm³/mol. The van der Waals surface area contributed by atoms with Gasteiger partial charge in [-0.05, 0) is 17.3 Å². The van der Waals surface area contributed by atoms with Crippen molar-refractivity contribution >= 4 is 29.7 Å². The van der Waals surface area contributed by atoms with Crippen molar-refractivity contribution in [3.8, 4) is 0 Å². The van der Waals surface area contributed by atoms with Crippen LogP contribution in [0.3, 0.4) is 0 Å². The van der Waals surface area contributed by atoms with Crippen molar-refractivity contribution in [1.29, 1.82) is 0 Å². The fourth-order valence-corrected chi connectivity index (χ4v) is 3.83. The van der Waals surface area contributed by atoms with Gasteiger partial charge in [0.25, 0.3) is 0 Å². The molecule has 152 valence electrons. The van der Waals surface area contributed by atoms with E-state index in [1.807, 2.05) is 0 Å². The number of esters is 4. The zero-order valence-corrected chi connectivity index (χ0v) is 16.4. The van der Waals surface area contributed by atoms with Gasteiger partial charge in [0.15, 0.2) is 11.8 Å². The number of Topliss-reactive ketones (excluding diaryl/α,β-unsaturated/α-hetero) is 1. The van der Waals surface area contributed by atoms with E-state index in [1.54, 1.807) is 13.8 Å². The first-order valence-electron chi connectivity index (χ1n) is 8.39. The minimum atomic E-state index is -1.36. The third-order valence-electron chi connectivity index (χ3n) is 5.43. The number of hydrogen-bond donors (Lipinski definition) is 0. The Balaban J connectivity index is 3.46. The second kappa shape index (κ2) is 8.96. The maximum Gasteiger partial charge on any atom is 0.320 e. The highest BCUT2D eigenvalue weighted by Gasteiger charge is 2.56. The largest absolute Gasteiger partial charge is 0.468 e. The number of rotatable bonds is 6. The summed E-state index contributed by atoms with van der Waals surface area (Å²) < 4.78 is 18.9. The van der Waals surface area contributed by atoms with Crippen LogP contribution in [0.25, 0.3) is 0 Å². The lowest BCUT2D eigenvalue weighted by Gasteiger charge is -2.47. The molecule has 0 aromatic heterocycles. The summed E-state index contributed by atoms with van der Waals surface area (Å²) in [4.78, 5) is 61.4. The van der Waals surface area contributed by atoms with Crippen LogP contribution < -0.4 is 0 Å². The van der Waals surface area contributed by atoms with Crippen LogP contribution >= 0.6 is 0 Å². The molecule has 27 heavy (non-hydrogen) atoms. The van der Waals surface area contributed by atoms with E-state index in [1.165, 1.54) is 0 Å². The average Bonchev–Trinajstić information content (AvgIpc) is 2.64. The van der Waals surface area contributed by atoms with Gasteiger partial charge in [-0.1, -0.05) is 13.8 Å². The Kier molecular flexibility index (Phi) is 7.50. The van der Waals surface area contributed by atoms with E-state index in [2.05, 4.69) is 0 Å². The first-order valence-corrected chi connectivity index (χ1v) is 8.39. The minimum Gasteiger partial charge on any atom is -0.468 e. The molecular formula is C18H26O9. The molecule has 0 saturated heterocycles. The number of hydrogen-bond acceptors (Lipinski definition) is 9. The molecule has 9 nitrogen and oxygen atoms in total. The molecule has 0 aliphatic heterocycles. The molecule has 2 unspecified atom stereocenters. The molecule has 0 aromatic carbocycles. The van der Waals surface area contributed by atoms with Crippen LogP contribution in [0, 0.1) is 29.1 Å². The van der Waals surface area contributed by atoms with Gasteiger partial charge >= 0.3 is 23.9 Å². The van der Waals surface area contributed by atoms with Gasteiger partial charge in [-0.25, -0.2) is 0 Å². The Morgan fingerprint density at radius 3 is 1.22 bits per heavy atom. The lowest BCUT2D eigenvalue weighted by molar-refractivity contribution is -0.172. The molecule has 1 saturated carbocycles. The van der Waals surface area contributed by atoms with Crippen LogP contribution in [0.1, 0.15) is 26.7 Å². The van der Waals surface area contributed by atoms with Crippen LogP contribution in [0.5, 0.6) is 0 Å². The smallest absolute Gasteiger partial charge is 0.320 e. The van der Waals surface area contributed by atoms with Gasteiger partial charge in [0.1, 0.15) is 5.78 Å². The van der Waals surface area contributed by atoms with E-state index in [0.29, 0.717) is 0 Å². The molecule has 0 N–H and O–H groups in total. The molecule has 9 heteroatoms. The quantitative estimate of drug-likeness (QED) is 0.365. The highest BCUT2D eigenvalue weighted by atomic mass is 16.5. The zero-order chi connectivity index (χ0) is 20.9. The second-order valence-electron chi connectivity index (χ2n) is 7.03. The molecule has 0 amide bonds. The number of ketones is 1. The maximum atomic E-state index is 12.4. The Bertz CT molecular complexity index is 540. The molecule has 0 radical (unpaired) electrons. The van der Waals surface area contributed by atoms with Gasteiger partial charge in [-0.15, -0.1) is 0 Å². The van der Waals surface area contributed by atoms with Crippen LogP contribution in [-0.4, -0.2) is 58.1 Å². The second-order valence-corrected chi connectivity index (χ2v) is 7.03. The van der Waals surface area contributed by atoms with E-state index in [-0.39, 0.29) is 18.6 Å².